The van der Waals surface area contributed by atoms with Crippen molar-refractivity contribution in [3.05, 3.63) is 54.1 Å². The van der Waals surface area contributed by atoms with Crippen LogP contribution in [0.5, 0.6) is 0 Å². The summed E-state index contributed by atoms with van der Waals surface area (Å²) in [6.45, 7) is 0. The summed E-state index contributed by atoms with van der Waals surface area (Å²) in [7, 11) is 2.16. The first-order chi connectivity index (χ1) is 9.84. The Balaban J connectivity index is 1.79. The third-order valence-electron chi connectivity index (χ3n) is 4.55. The third-order valence-corrected chi connectivity index (χ3v) is 4.55. The highest BCUT2D eigenvalue weighted by Gasteiger charge is 2.43. The van der Waals surface area contributed by atoms with E-state index in [1.54, 1.807) is 0 Å². The molecule has 3 aromatic rings. The molecule has 98 valence electrons. The Morgan fingerprint density at radius 2 is 1.75 bits per heavy atom. The van der Waals surface area contributed by atoms with Crippen LogP contribution in [0.2, 0.25) is 0 Å². The summed E-state index contributed by atoms with van der Waals surface area (Å²) in [5.41, 5.74) is 4.86. The lowest BCUT2D eigenvalue weighted by molar-refractivity contribution is 0.596. The van der Waals surface area contributed by atoms with E-state index in [4.69, 9.17) is 4.42 Å². The van der Waals surface area contributed by atoms with E-state index < -0.39 is 0 Å². The first kappa shape index (κ1) is 10.4. The van der Waals surface area contributed by atoms with Gasteiger partial charge in [0.05, 0.1) is 11.4 Å². The highest BCUT2D eigenvalue weighted by molar-refractivity contribution is 5.93. The maximum absolute atomic E-state index is 6.13. The van der Waals surface area contributed by atoms with E-state index in [1.165, 1.54) is 22.3 Å². The molecule has 0 saturated carbocycles. The second-order valence-electron chi connectivity index (χ2n) is 5.54. The predicted octanol–water partition coefficient (Wildman–Crippen LogP) is 3.90. The largest absolute Gasteiger partial charge is 0.440 e. The molecule has 1 aromatic heterocycles. The molecule has 1 unspecified atom stereocenters. The molecule has 0 fully saturated rings. The summed E-state index contributed by atoms with van der Waals surface area (Å²) in [4.78, 5) is 4.68. The van der Waals surface area contributed by atoms with Gasteiger partial charge in [0.2, 0.25) is 5.88 Å². The van der Waals surface area contributed by atoms with Crippen LogP contribution in [0.4, 0.5) is 17.3 Å². The molecule has 1 atom stereocenters. The Hall–Kier alpha value is -2.42. The number of anilines is 3. The Labute approximate surface area is 117 Å². The zero-order valence-electron chi connectivity index (χ0n) is 11.2. The Kier molecular flexibility index (Phi) is 1.75. The normalized spacial score (nSPS) is 19.4. The van der Waals surface area contributed by atoms with Crippen LogP contribution < -0.4 is 9.80 Å². The number of para-hydroxylation sites is 3. The van der Waals surface area contributed by atoms with E-state index in [2.05, 4.69) is 53.2 Å². The van der Waals surface area contributed by atoms with E-state index in [0.717, 1.165) is 17.9 Å². The van der Waals surface area contributed by atoms with Gasteiger partial charge in [0, 0.05) is 24.4 Å². The topological polar surface area (TPSA) is 19.6 Å². The molecule has 3 heteroatoms. The highest BCUT2D eigenvalue weighted by Crippen LogP contribution is 2.51. The molecule has 2 aromatic carbocycles. The van der Waals surface area contributed by atoms with Gasteiger partial charge < -0.3 is 9.32 Å². The van der Waals surface area contributed by atoms with Crippen LogP contribution in [0, 0.1) is 0 Å². The lowest BCUT2D eigenvalue weighted by Gasteiger charge is -2.22. The fourth-order valence-electron chi connectivity index (χ4n) is 3.59. The Morgan fingerprint density at radius 1 is 1.00 bits per heavy atom. The van der Waals surface area contributed by atoms with Gasteiger partial charge in [0.15, 0.2) is 0 Å². The van der Waals surface area contributed by atoms with Crippen molar-refractivity contribution in [2.24, 2.45) is 0 Å². The van der Waals surface area contributed by atoms with Crippen molar-refractivity contribution in [2.45, 2.75) is 12.6 Å². The molecule has 0 bridgehead atoms. The number of rotatable bonds is 0. The van der Waals surface area contributed by atoms with Gasteiger partial charge in [0.25, 0.3) is 0 Å². The van der Waals surface area contributed by atoms with Gasteiger partial charge in [-0.25, -0.2) is 0 Å². The van der Waals surface area contributed by atoms with Crippen molar-refractivity contribution in [1.29, 1.82) is 0 Å². The number of benzene rings is 2. The molecule has 0 N–H and O–H groups in total. The second-order valence-corrected chi connectivity index (χ2v) is 5.54. The van der Waals surface area contributed by atoms with Crippen LogP contribution in [0.15, 0.2) is 52.9 Å². The van der Waals surface area contributed by atoms with E-state index >= 15 is 0 Å². The minimum Gasteiger partial charge on any atom is -0.440 e. The third kappa shape index (κ3) is 1.07. The molecule has 3 nitrogen and oxygen atoms in total. The average Bonchev–Trinajstić information content (AvgIpc) is 3.09. The molecule has 3 heterocycles. The zero-order chi connectivity index (χ0) is 13.3. The summed E-state index contributed by atoms with van der Waals surface area (Å²) in [5.74, 6) is 1.02. The standard InChI is InChI=1S/C17H14N2O/c1-18-13-7-3-4-8-14(13)19-16(18)10-12-11-6-2-5-9-15(11)20-17(12)19/h2-9,16H,10H2,1H3. The monoisotopic (exact) mass is 262 g/mol. The molecule has 5 rings (SSSR count). The molecular formula is C17H14N2O. The summed E-state index contributed by atoms with van der Waals surface area (Å²) < 4.78 is 6.13. The van der Waals surface area contributed by atoms with Gasteiger partial charge >= 0.3 is 0 Å². The molecule has 0 saturated heterocycles. The van der Waals surface area contributed by atoms with Crippen molar-refractivity contribution in [3.63, 3.8) is 0 Å². The van der Waals surface area contributed by atoms with Crippen molar-refractivity contribution in [3.8, 4) is 0 Å². The fourth-order valence-corrected chi connectivity index (χ4v) is 3.59. The average molecular weight is 262 g/mol. The van der Waals surface area contributed by atoms with Crippen molar-refractivity contribution >= 4 is 28.2 Å². The van der Waals surface area contributed by atoms with Gasteiger partial charge in [-0.05, 0) is 18.2 Å². The Bertz CT molecular complexity index is 836. The maximum Gasteiger partial charge on any atom is 0.206 e. The van der Waals surface area contributed by atoms with E-state index in [1.807, 2.05) is 12.1 Å². The number of nitrogens with zero attached hydrogens (tertiary/aromatic N) is 2. The molecule has 20 heavy (non-hydrogen) atoms. The summed E-state index contributed by atoms with van der Waals surface area (Å²) >= 11 is 0. The second kappa shape index (κ2) is 3.37. The van der Waals surface area contributed by atoms with Gasteiger partial charge in [-0.3, -0.25) is 4.90 Å². The lowest BCUT2D eigenvalue weighted by Crippen LogP contribution is -2.36. The van der Waals surface area contributed by atoms with Crippen LogP contribution in [-0.4, -0.2) is 13.2 Å². The quantitative estimate of drug-likeness (QED) is 0.612. The number of likely N-dealkylation sites (N-methyl/N-ethyl adjacent to an activating group) is 1. The van der Waals surface area contributed by atoms with Crippen LogP contribution >= 0.6 is 0 Å². The molecular weight excluding hydrogens is 248 g/mol. The van der Waals surface area contributed by atoms with Crippen LogP contribution in [-0.2, 0) is 6.42 Å². The van der Waals surface area contributed by atoms with Crippen LogP contribution in [0.25, 0.3) is 11.0 Å². The van der Waals surface area contributed by atoms with E-state index in [9.17, 15) is 0 Å². The molecule has 0 aliphatic carbocycles. The van der Waals surface area contributed by atoms with E-state index in [0.29, 0.717) is 6.17 Å². The number of fused-ring (bicyclic) bond motifs is 7. The maximum atomic E-state index is 6.13. The smallest absolute Gasteiger partial charge is 0.206 e. The molecule has 0 amide bonds. The van der Waals surface area contributed by atoms with Gasteiger partial charge in [-0.15, -0.1) is 0 Å². The van der Waals surface area contributed by atoms with Crippen molar-refractivity contribution in [1.82, 2.24) is 0 Å². The zero-order valence-corrected chi connectivity index (χ0v) is 11.2. The molecule has 0 radical (unpaired) electrons. The van der Waals surface area contributed by atoms with Crippen LogP contribution in [0.3, 0.4) is 0 Å². The van der Waals surface area contributed by atoms with Gasteiger partial charge in [0.1, 0.15) is 11.7 Å². The lowest BCUT2D eigenvalue weighted by atomic mass is 10.1. The number of furan rings is 1. The SMILES string of the molecule is CN1c2ccccc2N2c3oc4ccccc4c3CC12. The number of hydrogen-bond acceptors (Lipinski definition) is 3. The minimum absolute atomic E-state index is 0.353. The Morgan fingerprint density at radius 3 is 2.65 bits per heavy atom. The fraction of sp³-hybridized carbons (Fsp3) is 0.176. The van der Waals surface area contributed by atoms with Gasteiger partial charge in [-0.2, -0.15) is 0 Å². The summed E-state index contributed by atoms with van der Waals surface area (Å²) in [6.07, 6.45) is 1.36. The van der Waals surface area contributed by atoms with E-state index in [-0.39, 0.29) is 0 Å². The van der Waals surface area contributed by atoms with Crippen LogP contribution in [0.1, 0.15) is 5.56 Å². The summed E-state index contributed by atoms with van der Waals surface area (Å²) in [6, 6.07) is 16.9. The van der Waals surface area contributed by atoms with Crippen molar-refractivity contribution in [2.75, 3.05) is 16.8 Å². The summed E-state index contributed by atoms with van der Waals surface area (Å²) in [5, 5.41) is 1.25. The molecule has 2 aliphatic heterocycles. The first-order valence-electron chi connectivity index (χ1n) is 6.96. The van der Waals surface area contributed by atoms with Crippen molar-refractivity contribution < 1.29 is 4.42 Å². The molecule has 2 aliphatic rings. The minimum atomic E-state index is 0.353. The first-order valence-corrected chi connectivity index (χ1v) is 6.96. The molecule has 0 spiro atoms. The highest BCUT2D eigenvalue weighted by atomic mass is 16.4. The predicted molar refractivity (Wildman–Crippen MR) is 80.7 cm³/mol. The number of hydrogen-bond donors (Lipinski definition) is 0. The van der Waals surface area contributed by atoms with Gasteiger partial charge in [-0.1, -0.05) is 30.3 Å².